The summed E-state index contributed by atoms with van der Waals surface area (Å²) in [7, 11) is 1.60. The summed E-state index contributed by atoms with van der Waals surface area (Å²) >= 11 is 0. The molecule has 1 aliphatic rings. The Labute approximate surface area is 147 Å². The first-order valence-corrected chi connectivity index (χ1v) is 8.50. The van der Waals surface area contributed by atoms with Crippen LogP contribution in [-0.4, -0.2) is 36.2 Å². The van der Waals surface area contributed by atoms with Crippen LogP contribution in [0.5, 0.6) is 5.75 Å². The lowest BCUT2D eigenvalue weighted by molar-refractivity contribution is 0.251. The first kappa shape index (κ1) is 17.0. The van der Waals surface area contributed by atoms with Gasteiger partial charge in [-0.25, -0.2) is 14.8 Å². The number of urea groups is 1. The number of ether oxygens (including phenoxy) is 1. The van der Waals surface area contributed by atoms with Gasteiger partial charge in [0.05, 0.1) is 13.7 Å². The first-order valence-electron chi connectivity index (χ1n) is 8.50. The monoisotopic (exact) mass is 341 g/mol. The number of hydrogen-bond acceptors (Lipinski definition) is 5. The molecule has 2 amide bonds. The van der Waals surface area contributed by atoms with E-state index in [4.69, 9.17) is 4.74 Å². The lowest BCUT2D eigenvalue weighted by Gasteiger charge is -2.27. The predicted molar refractivity (Wildman–Crippen MR) is 96.9 cm³/mol. The maximum atomic E-state index is 12.0. The van der Waals surface area contributed by atoms with E-state index in [9.17, 15) is 4.79 Å². The molecule has 0 radical (unpaired) electrons. The highest BCUT2D eigenvalue weighted by atomic mass is 16.5. The first-order chi connectivity index (χ1) is 12.2. The molecule has 1 fully saturated rings. The van der Waals surface area contributed by atoms with Crippen LogP contribution in [0.15, 0.2) is 36.5 Å². The van der Waals surface area contributed by atoms with Crippen molar-refractivity contribution in [2.24, 2.45) is 0 Å². The van der Waals surface area contributed by atoms with Crippen molar-refractivity contribution < 1.29 is 9.53 Å². The van der Waals surface area contributed by atoms with E-state index in [2.05, 4.69) is 25.5 Å². The molecule has 132 valence electrons. The molecule has 1 aromatic heterocycles. The van der Waals surface area contributed by atoms with Crippen LogP contribution in [0.2, 0.25) is 0 Å². The van der Waals surface area contributed by atoms with Crippen LogP contribution in [-0.2, 0) is 6.54 Å². The van der Waals surface area contributed by atoms with Gasteiger partial charge in [-0.15, -0.1) is 0 Å². The molecular formula is C18H23N5O2. The van der Waals surface area contributed by atoms with Gasteiger partial charge in [0.15, 0.2) is 0 Å². The third-order valence-electron chi connectivity index (χ3n) is 4.13. The average Bonchev–Trinajstić information content (AvgIpc) is 2.68. The third kappa shape index (κ3) is 4.82. The van der Waals surface area contributed by atoms with Crippen molar-refractivity contribution in [1.29, 1.82) is 0 Å². The average molecular weight is 341 g/mol. The third-order valence-corrected chi connectivity index (χ3v) is 4.13. The molecule has 2 N–H and O–H groups in total. The Kier molecular flexibility index (Phi) is 5.66. The molecule has 1 aromatic carbocycles. The van der Waals surface area contributed by atoms with Crippen molar-refractivity contribution in [2.75, 3.05) is 30.4 Å². The molecule has 0 atom stereocenters. The minimum absolute atomic E-state index is 0.281. The van der Waals surface area contributed by atoms with Gasteiger partial charge in [0, 0.05) is 25.0 Å². The zero-order valence-electron chi connectivity index (χ0n) is 14.4. The number of piperidine rings is 1. The quantitative estimate of drug-likeness (QED) is 0.874. The van der Waals surface area contributed by atoms with Crippen LogP contribution in [0.25, 0.3) is 0 Å². The highest BCUT2D eigenvalue weighted by Crippen LogP contribution is 2.17. The number of nitrogens with zero attached hydrogens (tertiary/aromatic N) is 3. The molecule has 2 heterocycles. The number of benzene rings is 1. The van der Waals surface area contributed by atoms with Crippen molar-refractivity contribution in [2.45, 2.75) is 25.8 Å². The number of hydrogen-bond donors (Lipinski definition) is 2. The van der Waals surface area contributed by atoms with E-state index in [1.807, 2.05) is 6.07 Å². The van der Waals surface area contributed by atoms with E-state index in [0.717, 1.165) is 24.7 Å². The van der Waals surface area contributed by atoms with Crippen LogP contribution in [0.3, 0.4) is 0 Å². The van der Waals surface area contributed by atoms with Crippen LogP contribution in [0.1, 0.15) is 25.1 Å². The predicted octanol–water partition coefficient (Wildman–Crippen LogP) is 2.80. The second-order valence-corrected chi connectivity index (χ2v) is 5.91. The Balaban J connectivity index is 1.52. The number of nitrogens with one attached hydrogen (secondary N) is 2. The molecule has 0 aliphatic carbocycles. The SMILES string of the molecule is COc1ccc(NC(=O)NCc2nccc(N3CCCCC3)n2)cc1. The summed E-state index contributed by atoms with van der Waals surface area (Å²) in [6, 6.07) is 8.78. The van der Waals surface area contributed by atoms with Gasteiger partial charge in [0.25, 0.3) is 0 Å². The molecule has 1 aliphatic heterocycles. The molecule has 1 saturated heterocycles. The van der Waals surface area contributed by atoms with E-state index < -0.39 is 0 Å². The number of methoxy groups -OCH3 is 1. The molecule has 7 nitrogen and oxygen atoms in total. The molecule has 0 bridgehead atoms. The van der Waals surface area contributed by atoms with Crippen molar-refractivity contribution in [3.05, 3.63) is 42.4 Å². The summed E-state index contributed by atoms with van der Waals surface area (Å²) in [5.41, 5.74) is 0.696. The fraction of sp³-hybridized carbons (Fsp3) is 0.389. The number of carbonyl (C=O) groups excluding carboxylic acids is 1. The maximum Gasteiger partial charge on any atom is 0.319 e. The summed E-state index contributed by atoms with van der Waals surface area (Å²) in [6.45, 7) is 2.34. The van der Waals surface area contributed by atoms with E-state index in [1.165, 1.54) is 19.3 Å². The highest BCUT2D eigenvalue weighted by Gasteiger charge is 2.13. The zero-order chi connectivity index (χ0) is 17.5. The summed E-state index contributed by atoms with van der Waals surface area (Å²) in [4.78, 5) is 23.1. The molecule has 25 heavy (non-hydrogen) atoms. The second kappa shape index (κ2) is 8.32. The van der Waals surface area contributed by atoms with Gasteiger partial charge >= 0.3 is 6.03 Å². The second-order valence-electron chi connectivity index (χ2n) is 5.91. The summed E-state index contributed by atoms with van der Waals surface area (Å²) < 4.78 is 5.09. The Morgan fingerprint density at radius 2 is 1.92 bits per heavy atom. The molecule has 7 heteroatoms. The van der Waals surface area contributed by atoms with Crippen LogP contribution >= 0.6 is 0 Å². The molecule has 2 aromatic rings. The van der Waals surface area contributed by atoms with Gasteiger partial charge in [-0.1, -0.05) is 0 Å². The van der Waals surface area contributed by atoms with Gasteiger partial charge in [-0.05, 0) is 49.6 Å². The van der Waals surface area contributed by atoms with Crippen molar-refractivity contribution in [3.8, 4) is 5.75 Å². The minimum Gasteiger partial charge on any atom is -0.497 e. The fourth-order valence-electron chi connectivity index (χ4n) is 2.78. The van der Waals surface area contributed by atoms with Crippen molar-refractivity contribution >= 4 is 17.5 Å². The Morgan fingerprint density at radius 1 is 1.16 bits per heavy atom. The van der Waals surface area contributed by atoms with E-state index >= 15 is 0 Å². The summed E-state index contributed by atoms with van der Waals surface area (Å²) in [5.74, 6) is 2.28. The van der Waals surface area contributed by atoms with Gasteiger partial charge < -0.3 is 20.3 Å². The topological polar surface area (TPSA) is 79.4 Å². The molecule has 0 spiro atoms. The number of anilines is 2. The van der Waals surface area contributed by atoms with E-state index in [-0.39, 0.29) is 12.6 Å². The van der Waals surface area contributed by atoms with Gasteiger partial charge in [0.2, 0.25) is 0 Å². The number of carbonyl (C=O) groups is 1. The Bertz CT molecular complexity index is 699. The smallest absolute Gasteiger partial charge is 0.319 e. The Hall–Kier alpha value is -2.83. The lowest BCUT2D eigenvalue weighted by Crippen LogP contribution is -2.31. The molecule has 0 unspecified atom stereocenters. The standard InChI is InChI=1S/C18H23N5O2/c1-25-15-7-5-14(6-8-15)21-18(24)20-13-16-19-10-9-17(22-16)23-11-3-2-4-12-23/h5-10H,2-4,11-13H2,1H3,(H2,20,21,24). The molecule has 0 saturated carbocycles. The van der Waals surface area contributed by atoms with Gasteiger partial charge in [-0.3, -0.25) is 0 Å². The van der Waals surface area contributed by atoms with Gasteiger partial charge in [0.1, 0.15) is 17.4 Å². The van der Waals surface area contributed by atoms with E-state index in [0.29, 0.717) is 11.5 Å². The van der Waals surface area contributed by atoms with Crippen LogP contribution < -0.4 is 20.3 Å². The van der Waals surface area contributed by atoms with Crippen molar-refractivity contribution in [3.63, 3.8) is 0 Å². The number of amides is 2. The number of aromatic nitrogens is 2. The van der Waals surface area contributed by atoms with Crippen LogP contribution in [0.4, 0.5) is 16.3 Å². The zero-order valence-corrected chi connectivity index (χ0v) is 14.4. The van der Waals surface area contributed by atoms with E-state index in [1.54, 1.807) is 37.6 Å². The normalized spacial score (nSPS) is 14.0. The summed E-state index contributed by atoms with van der Waals surface area (Å²) in [5, 5.41) is 5.55. The van der Waals surface area contributed by atoms with Crippen molar-refractivity contribution in [1.82, 2.24) is 15.3 Å². The lowest BCUT2D eigenvalue weighted by atomic mass is 10.1. The van der Waals surface area contributed by atoms with Crippen LogP contribution in [0, 0.1) is 0 Å². The molecule has 3 rings (SSSR count). The summed E-state index contributed by atoms with van der Waals surface area (Å²) in [6.07, 6.45) is 5.42. The largest absolute Gasteiger partial charge is 0.497 e. The van der Waals surface area contributed by atoms with Gasteiger partial charge in [-0.2, -0.15) is 0 Å². The number of rotatable bonds is 5. The molecular weight excluding hydrogens is 318 g/mol. The minimum atomic E-state index is -0.294. The maximum absolute atomic E-state index is 12.0. The fourth-order valence-corrected chi connectivity index (χ4v) is 2.78. The Morgan fingerprint density at radius 3 is 2.64 bits per heavy atom. The highest BCUT2D eigenvalue weighted by molar-refractivity contribution is 5.89.